The van der Waals surface area contributed by atoms with Crippen molar-refractivity contribution in [3.8, 4) is 5.75 Å². The Morgan fingerprint density at radius 1 is 1.29 bits per heavy atom. The first-order valence-corrected chi connectivity index (χ1v) is 6.69. The van der Waals surface area contributed by atoms with Gasteiger partial charge >= 0.3 is 0 Å². The molecule has 0 fully saturated rings. The first-order valence-electron chi connectivity index (χ1n) is 6.69. The van der Waals surface area contributed by atoms with E-state index in [0.717, 1.165) is 16.9 Å². The van der Waals surface area contributed by atoms with Crippen LogP contribution in [-0.4, -0.2) is 18.0 Å². The van der Waals surface area contributed by atoms with Gasteiger partial charge in [0.2, 0.25) is 5.91 Å². The number of benzene rings is 1. The molecule has 21 heavy (non-hydrogen) atoms. The Hall–Kier alpha value is -2.56. The number of rotatable bonds is 5. The molecule has 1 aromatic heterocycles. The second-order valence-corrected chi connectivity index (χ2v) is 4.78. The van der Waals surface area contributed by atoms with E-state index in [1.54, 1.807) is 7.11 Å². The van der Waals surface area contributed by atoms with E-state index in [1.165, 1.54) is 6.92 Å². The van der Waals surface area contributed by atoms with E-state index in [9.17, 15) is 4.79 Å². The highest BCUT2D eigenvalue weighted by molar-refractivity contribution is 5.90. The van der Waals surface area contributed by atoms with Crippen molar-refractivity contribution in [2.24, 2.45) is 0 Å². The molecule has 2 aromatic rings. The number of nitrogens with one attached hydrogen (secondary N) is 2. The number of anilines is 2. The lowest BCUT2D eigenvalue weighted by atomic mass is 10.2. The van der Waals surface area contributed by atoms with Gasteiger partial charge < -0.3 is 15.4 Å². The predicted molar refractivity (Wildman–Crippen MR) is 83.6 cm³/mol. The van der Waals surface area contributed by atoms with E-state index in [4.69, 9.17) is 4.74 Å². The third-order valence-electron chi connectivity index (χ3n) is 2.96. The van der Waals surface area contributed by atoms with Gasteiger partial charge in [0.25, 0.3) is 0 Å². The van der Waals surface area contributed by atoms with Gasteiger partial charge in [-0.15, -0.1) is 0 Å². The van der Waals surface area contributed by atoms with E-state index in [-0.39, 0.29) is 5.91 Å². The van der Waals surface area contributed by atoms with Crippen molar-refractivity contribution in [1.29, 1.82) is 0 Å². The van der Waals surface area contributed by atoms with Gasteiger partial charge in [-0.2, -0.15) is 0 Å². The first-order chi connectivity index (χ1) is 10.1. The molecule has 2 N–H and O–H groups in total. The van der Waals surface area contributed by atoms with Crippen LogP contribution in [0, 0.1) is 6.92 Å². The number of aryl methyl sites for hydroxylation is 1. The van der Waals surface area contributed by atoms with Crippen LogP contribution in [0.5, 0.6) is 5.75 Å². The lowest BCUT2D eigenvalue weighted by molar-refractivity contribution is -0.114. The Morgan fingerprint density at radius 2 is 2.10 bits per heavy atom. The number of nitrogens with zero attached hydrogens (tertiary/aromatic N) is 1. The maximum Gasteiger partial charge on any atom is 0.221 e. The lowest BCUT2D eigenvalue weighted by Gasteiger charge is -2.12. The van der Waals surface area contributed by atoms with E-state index in [2.05, 4.69) is 15.6 Å². The second kappa shape index (κ2) is 6.74. The van der Waals surface area contributed by atoms with Crippen LogP contribution in [0.15, 0.2) is 36.5 Å². The summed E-state index contributed by atoms with van der Waals surface area (Å²) in [5, 5.41) is 6.01. The Morgan fingerprint density at radius 3 is 2.71 bits per heavy atom. The molecule has 0 saturated carbocycles. The molecule has 0 aliphatic heterocycles. The number of carbonyl (C=O) groups excluding carboxylic acids is 1. The van der Waals surface area contributed by atoms with Gasteiger partial charge in [-0.1, -0.05) is 6.07 Å². The average molecular weight is 285 g/mol. The number of hydrogen-bond acceptors (Lipinski definition) is 4. The molecule has 2 rings (SSSR count). The minimum absolute atomic E-state index is 0.127. The summed E-state index contributed by atoms with van der Waals surface area (Å²) >= 11 is 0. The summed E-state index contributed by atoms with van der Waals surface area (Å²) in [4.78, 5) is 15.5. The van der Waals surface area contributed by atoms with E-state index in [1.807, 2.05) is 43.5 Å². The lowest BCUT2D eigenvalue weighted by Crippen LogP contribution is -2.08. The van der Waals surface area contributed by atoms with Crippen LogP contribution in [-0.2, 0) is 11.3 Å². The largest absolute Gasteiger partial charge is 0.494 e. The summed E-state index contributed by atoms with van der Waals surface area (Å²) < 4.78 is 5.28. The minimum Gasteiger partial charge on any atom is -0.494 e. The van der Waals surface area contributed by atoms with Crippen LogP contribution in [0.4, 0.5) is 11.4 Å². The number of amides is 1. The van der Waals surface area contributed by atoms with Gasteiger partial charge in [-0.25, -0.2) is 0 Å². The van der Waals surface area contributed by atoms with E-state index < -0.39 is 0 Å². The minimum atomic E-state index is -0.127. The van der Waals surface area contributed by atoms with Crippen molar-refractivity contribution < 1.29 is 9.53 Å². The maximum atomic E-state index is 11.1. The summed E-state index contributed by atoms with van der Waals surface area (Å²) in [7, 11) is 1.58. The molecule has 1 aromatic carbocycles. The third-order valence-corrected chi connectivity index (χ3v) is 2.96. The van der Waals surface area contributed by atoms with E-state index in [0.29, 0.717) is 18.0 Å². The smallest absolute Gasteiger partial charge is 0.221 e. The average Bonchev–Trinajstić information content (AvgIpc) is 2.47. The molecule has 0 spiro atoms. The van der Waals surface area contributed by atoms with Crippen molar-refractivity contribution in [1.82, 2.24) is 4.98 Å². The van der Waals surface area contributed by atoms with Gasteiger partial charge in [0.15, 0.2) is 0 Å². The SMILES string of the molecule is COc1cc(NCc2ccc(C)cn2)ccc1NC(C)=O. The molecule has 1 amide bonds. The molecule has 0 radical (unpaired) electrons. The maximum absolute atomic E-state index is 11.1. The predicted octanol–water partition coefficient (Wildman–Crippen LogP) is 2.97. The zero-order valence-electron chi connectivity index (χ0n) is 12.4. The standard InChI is InChI=1S/C16H19N3O2/c1-11-4-5-14(17-9-11)10-18-13-6-7-15(19-12(2)20)16(8-13)21-3/h4-9,18H,10H2,1-3H3,(H,19,20). The highest BCUT2D eigenvalue weighted by atomic mass is 16.5. The Balaban J connectivity index is 2.06. The van der Waals surface area contributed by atoms with Gasteiger partial charge in [-0.3, -0.25) is 9.78 Å². The monoisotopic (exact) mass is 285 g/mol. The summed E-state index contributed by atoms with van der Waals surface area (Å²) in [5.74, 6) is 0.491. The van der Waals surface area contributed by atoms with Crippen LogP contribution >= 0.6 is 0 Å². The molecular weight excluding hydrogens is 266 g/mol. The zero-order valence-corrected chi connectivity index (χ0v) is 12.4. The second-order valence-electron chi connectivity index (χ2n) is 4.78. The number of ether oxygens (including phenoxy) is 1. The quantitative estimate of drug-likeness (QED) is 0.886. The number of aromatic nitrogens is 1. The van der Waals surface area contributed by atoms with E-state index >= 15 is 0 Å². The zero-order chi connectivity index (χ0) is 15.2. The van der Waals surface area contributed by atoms with Crippen molar-refractivity contribution in [2.75, 3.05) is 17.7 Å². The van der Waals surface area contributed by atoms with Gasteiger partial charge in [-0.05, 0) is 30.7 Å². The number of carbonyl (C=O) groups is 1. The first kappa shape index (κ1) is 14.8. The third kappa shape index (κ3) is 4.21. The van der Waals surface area contributed by atoms with Crippen molar-refractivity contribution in [3.05, 3.63) is 47.8 Å². The summed E-state index contributed by atoms with van der Waals surface area (Å²) in [6.45, 7) is 4.10. The molecular formula is C16H19N3O2. The molecule has 5 heteroatoms. The van der Waals surface area contributed by atoms with Crippen LogP contribution in [0.1, 0.15) is 18.2 Å². The number of pyridine rings is 1. The molecule has 110 valence electrons. The summed E-state index contributed by atoms with van der Waals surface area (Å²) in [6, 6.07) is 9.57. The molecule has 0 saturated heterocycles. The fourth-order valence-electron chi connectivity index (χ4n) is 1.89. The topological polar surface area (TPSA) is 63.2 Å². The molecule has 0 aliphatic rings. The van der Waals surface area contributed by atoms with Gasteiger partial charge in [0.05, 0.1) is 25.0 Å². The highest BCUT2D eigenvalue weighted by Gasteiger charge is 2.06. The Labute approximate surface area is 124 Å². The summed E-state index contributed by atoms with van der Waals surface area (Å²) in [6.07, 6.45) is 1.84. The van der Waals surface area contributed by atoms with Crippen LogP contribution < -0.4 is 15.4 Å². The Kier molecular flexibility index (Phi) is 4.77. The van der Waals surface area contributed by atoms with Crippen molar-refractivity contribution >= 4 is 17.3 Å². The summed E-state index contributed by atoms with van der Waals surface area (Å²) in [5.41, 5.74) is 3.66. The highest BCUT2D eigenvalue weighted by Crippen LogP contribution is 2.28. The number of methoxy groups -OCH3 is 1. The van der Waals surface area contributed by atoms with Crippen LogP contribution in [0.25, 0.3) is 0 Å². The Bertz CT molecular complexity index is 624. The molecule has 0 bridgehead atoms. The molecule has 0 unspecified atom stereocenters. The van der Waals surface area contributed by atoms with Crippen molar-refractivity contribution in [3.63, 3.8) is 0 Å². The van der Waals surface area contributed by atoms with Gasteiger partial charge in [0, 0.05) is 24.9 Å². The molecule has 0 aliphatic carbocycles. The van der Waals surface area contributed by atoms with Gasteiger partial charge in [0.1, 0.15) is 5.75 Å². The van der Waals surface area contributed by atoms with Crippen LogP contribution in [0.2, 0.25) is 0 Å². The molecule has 5 nitrogen and oxygen atoms in total. The molecule has 0 atom stereocenters. The fraction of sp³-hybridized carbons (Fsp3) is 0.250. The number of hydrogen-bond donors (Lipinski definition) is 2. The van der Waals surface area contributed by atoms with Crippen molar-refractivity contribution in [2.45, 2.75) is 20.4 Å². The van der Waals surface area contributed by atoms with Crippen LogP contribution in [0.3, 0.4) is 0 Å². The fourth-order valence-corrected chi connectivity index (χ4v) is 1.89. The molecule has 1 heterocycles. The normalized spacial score (nSPS) is 10.0.